The molecule has 0 radical (unpaired) electrons. The molecule has 2 aromatic heterocycles. The molecule has 0 unspecified atom stereocenters. The molecule has 10 nitrogen and oxygen atoms in total. The zero-order valence-electron chi connectivity index (χ0n) is 15.0. The van der Waals surface area contributed by atoms with Crippen LogP contribution >= 0.6 is 0 Å². The Hall–Kier alpha value is -3.46. The summed E-state index contributed by atoms with van der Waals surface area (Å²) in [5.41, 5.74) is 9.95. The van der Waals surface area contributed by atoms with E-state index in [1.807, 2.05) is 0 Å². The molecule has 11 heteroatoms. The van der Waals surface area contributed by atoms with Crippen molar-refractivity contribution in [3.8, 4) is 0 Å². The number of nitrogen functional groups attached to an aromatic ring is 1. The third kappa shape index (κ3) is 4.44. The van der Waals surface area contributed by atoms with E-state index >= 15 is 0 Å². The van der Waals surface area contributed by atoms with Crippen molar-refractivity contribution in [3.63, 3.8) is 0 Å². The molecular formula is C17H16N6O4Zn. The van der Waals surface area contributed by atoms with Crippen LogP contribution in [0.4, 0.5) is 5.69 Å². The molecule has 1 aromatic carbocycles. The molecule has 0 saturated heterocycles. The minimum atomic E-state index is -0.542. The van der Waals surface area contributed by atoms with Crippen molar-refractivity contribution in [3.05, 3.63) is 83.4 Å². The first-order valence-corrected chi connectivity index (χ1v) is 7.60. The van der Waals surface area contributed by atoms with Crippen LogP contribution in [0.2, 0.25) is 0 Å². The second kappa shape index (κ2) is 9.47. The normalized spacial score (nSPS) is 10.5. The van der Waals surface area contributed by atoms with E-state index in [2.05, 4.69) is 27.0 Å². The second-order valence-corrected chi connectivity index (χ2v) is 5.22. The molecule has 0 aliphatic rings. The third-order valence-electron chi connectivity index (χ3n) is 3.60. The molecular weight excluding hydrogens is 418 g/mol. The molecule has 0 bridgehead atoms. The van der Waals surface area contributed by atoms with Crippen LogP contribution in [-0.4, -0.2) is 10.2 Å². The van der Waals surface area contributed by atoms with E-state index in [9.17, 15) is 19.2 Å². The quantitative estimate of drug-likeness (QED) is 0.295. The van der Waals surface area contributed by atoms with Gasteiger partial charge >= 0.3 is 19.5 Å². The topological polar surface area (TPSA) is 180 Å². The maximum absolute atomic E-state index is 11.3. The van der Waals surface area contributed by atoms with Crippen LogP contribution in [0.25, 0.3) is 22.5 Å². The van der Waals surface area contributed by atoms with Gasteiger partial charge in [-0.15, -0.1) is 0 Å². The molecule has 0 spiro atoms. The van der Waals surface area contributed by atoms with Crippen molar-refractivity contribution in [1.82, 2.24) is 20.4 Å². The molecule has 3 rings (SSSR count). The first-order valence-electron chi connectivity index (χ1n) is 7.60. The Labute approximate surface area is 170 Å². The Morgan fingerprint density at radius 3 is 2.25 bits per heavy atom. The zero-order valence-corrected chi connectivity index (χ0v) is 18.0. The van der Waals surface area contributed by atoms with E-state index < -0.39 is 22.2 Å². The van der Waals surface area contributed by atoms with Gasteiger partial charge in [0, 0.05) is 22.3 Å². The maximum atomic E-state index is 11.3. The summed E-state index contributed by atoms with van der Waals surface area (Å²) < 4.78 is 0. The number of H-pyrrole nitrogens is 2. The smallest absolute Gasteiger partial charge is 0.560 e. The molecule has 0 fully saturated rings. The van der Waals surface area contributed by atoms with Gasteiger partial charge in [-0.25, -0.2) is 0 Å². The fourth-order valence-corrected chi connectivity index (χ4v) is 2.29. The standard InChI is InChI=1S/C9H11N3O2.C8H7N3O2.Zn/c1-3-5-7(6(10)4-2)9(14)12-11-8(5)13;9-5-3-1-2-4-6(5)8(13)11-10-7(4)12;/h3-4H,1,10H2,2H3,(H2,11,12,13,14);1-3H,(H4,9,10,11,12,13);/q;;+2/p-2/b6-4+;;. The van der Waals surface area contributed by atoms with Crippen molar-refractivity contribution >= 4 is 28.2 Å². The molecule has 0 aliphatic carbocycles. The molecule has 3 aromatic rings. The Kier molecular flexibility index (Phi) is 7.64. The molecule has 140 valence electrons. The van der Waals surface area contributed by atoms with Crippen LogP contribution in [0.3, 0.4) is 0 Å². The van der Waals surface area contributed by atoms with Gasteiger partial charge in [-0.05, 0) is 13.0 Å². The first kappa shape index (κ1) is 22.6. The minimum Gasteiger partial charge on any atom is -0.560 e. The molecule has 0 aliphatic heterocycles. The monoisotopic (exact) mass is 432 g/mol. The van der Waals surface area contributed by atoms with Crippen LogP contribution in [0.5, 0.6) is 0 Å². The summed E-state index contributed by atoms with van der Waals surface area (Å²) in [5, 5.41) is 11.2. The number of fused-ring (bicyclic) bond motifs is 1. The number of anilines is 1. The number of hydrogen-bond acceptors (Lipinski definition) is 6. The molecule has 0 atom stereocenters. The van der Waals surface area contributed by atoms with E-state index in [1.165, 1.54) is 18.2 Å². The molecule has 0 amide bonds. The number of rotatable bonds is 2. The molecule has 2 heterocycles. The Balaban J connectivity index is 0.000000271. The van der Waals surface area contributed by atoms with Gasteiger partial charge in [-0.1, -0.05) is 30.9 Å². The van der Waals surface area contributed by atoms with E-state index in [1.54, 1.807) is 19.1 Å². The number of allylic oxidation sites excluding steroid dienone is 1. The summed E-state index contributed by atoms with van der Waals surface area (Å²) in [7, 11) is 0. The zero-order chi connectivity index (χ0) is 20.1. The van der Waals surface area contributed by atoms with E-state index in [0.717, 1.165) is 0 Å². The van der Waals surface area contributed by atoms with Crippen LogP contribution < -0.4 is 43.9 Å². The Bertz CT molecular complexity index is 1270. The number of nitrogens with one attached hydrogen (secondary N) is 2. The molecule has 6 N–H and O–H groups in total. The minimum absolute atomic E-state index is 0. The van der Waals surface area contributed by atoms with Crippen LogP contribution in [0.1, 0.15) is 18.1 Å². The van der Waals surface area contributed by atoms with Gasteiger partial charge in [0.05, 0.1) is 22.1 Å². The van der Waals surface area contributed by atoms with Gasteiger partial charge in [0.15, 0.2) is 0 Å². The predicted octanol–water partition coefficient (Wildman–Crippen LogP) is -0.920. The van der Waals surface area contributed by atoms with Crippen molar-refractivity contribution in [2.24, 2.45) is 5.73 Å². The summed E-state index contributed by atoms with van der Waals surface area (Å²) in [4.78, 5) is 44.9. The summed E-state index contributed by atoms with van der Waals surface area (Å²) >= 11 is 0. The van der Waals surface area contributed by atoms with Crippen molar-refractivity contribution in [1.29, 1.82) is 0 Å². The molecule has 28 heavy (non-hydrogen) atoms. The molecule has 0 saturated carbocycles. The van der Waals surface area contributed by atoms with Crippen LogP contribution in [0, 0.1) is 0 Å². The number of aromatic nitrogens is 4. The third-order valence-corrected chi connectivity index (χ3v) is 3.60. The number of hydrogen-bond donors (Lipinski definition) is 4. The van der Waals surface area contributed by atoms with E-state index in [0.29, 0.717) is 5.69 Å². The predicted molar refractivity (Wildman–Crippen MR) is 103 cm³/mol. The Morgan fingerprint density at radius 1 is 1.07 bits per heavy atom. The average Bonchev–Trinajstić information content (AvgIpc) is 2.66. The second-order valence-electron chi connectivity index (χ2n) is 5.22. The number of nitrogens with zero attached hydrogens (tertiary/aromatic N) is 2. The van der Waals surface area contributed by atoms with Gasteiger partial charge in [0.25, 0.3) is 0 Å². The average molecular weight is 434 g/mol. The summed E-state index contributed by atoms with van der Waals surface area (Å²) in [5.74, 6) is 0. The van der Waals surface area contributed by atoms with E-state index in [-0.39, 0.29) is 47.1 Å². The fourth-order valence-electron chi connectivity index (χ4n) is 2.29. The Morgan fingerprint density at radius 2 is 1.68 bits per heavy atom. The SMILES string of the molecule is C=Cc1c(/C(N)=C\C)c(=O)[nH][n-]c1=O.Nc1cccc2c(=O)[n-][nH]c(=O)c12.[Zn+2]. The summed E-state index contributed by atoms with van der Waals surface area (Å²) in [6.07, 6.45) is 2.81. The first-order chi connectivity index (χ1) is 12.8. The van der Waals surface area contributed by atoms with Gasteiger partial charge in [-0.3, -0.25) is 9.59 Å². The summed E-state index contributed by atoms with van der Waals surface area (Å²) in [6, 6.07) is 4.70. The number of benzene rings is 1. The van der Waals surface area contributed by atoms with Crippen molar-refractivity contribution in [2.45, 2.75) is 6.92 Å². The van der Waals surface area contributed by atoms with E-state index in [4.69, 9.17) is 11.5 Å². The number of aromatic amines is 2. The van der Waals surface area contributed by atoms with Gasteiger partial charge in [0.1, 0.15) is 0 Å². The summed E-state index contributed by atoms with van der Waals surface area (Å²) in [6.45, 7) is 5.11. The van der Waals surface area contributed by atoms with Crippen molar-refractivity contribution < 1.29 is 19.5 Å². The van der Waals surface area contributed by atoms with Crippen molar-refractivity contribution in [2.75, 3.05) is 5.73 Å². The van der Waals surface area contributed by atoms with Gasteiger partial charge in [-0.2, -0.15) is 0 Å². The fraction of sp³-hybridized carbons (Fsp3) is 0.0588. The number of nitrogens with two attached hydrogens (primary N) is 2. The van der Waals surface area contributed by atoms with Gasteiger partial charge < -0.3 is 41.5 Å². The van der Waals surface area contributed by atoms with Crippen LogP contribution in [-0.2, 0) is 19.5 Å². The van der Waals surface area contributed by atoms with Gasteiger partial charge in [0.2, 0.25) is 11.1 Å². The maximum Gasteiger partial charge on any atom is 2.00 e. The largest absolute Gasteiger partial charge is 2.00 e. The van der Waals surface area contributed by atoms with Crippen LogP contribution in [0.15, 0.2) is 50.0 Å².